The first kappa shape index (κ1) is 21.1. The molecule has 1 aromatic carbocycles. The molecule has 0 radical (unpaired) electrons. The maximum absolute atomic E-state index is 12.7. The highest BCUT2D eigenvalue weighted by molar-refractivity contribution is 5.82. The number of esters is 2. The summed E-state index contributed by atoms with van der Waals surface area (Å²) in [5, 5.41) is 10.2. The third-order valence-electron chi connectivity index (χ3n) is 7.07. The molecule has 3 aliphatic heterocycles. The average Bonchev–Trinajstić information content (AvgIpc) is 3.47. The molecule has 0 bridgehead atoms. The van der Waals surface area contributed by atoms with Gasteiger partial charge in [0.05, 0.1) is 32.1 Å². The van der Waals surface area contributed by atoms with Gasteiger partial charge in [0, 0.05) is 6.54 Å². The summed E-state index contributed by atoms with van der Waals surface area (Å²) < 4.78 is 27.3. The molecule has 1 aromatic rings. The number of hydrogen-bond donors (Lipinski definition) is 1. The highest BCUT2D eigenvalue weighted by Gasteiger charge is 2.58. The Balaban J connectivity index is 1.54. The van der Waals surface area contributed by atoms with Gasteiger partial charge in [0.2, 0.25) is 6.79 Å². The number of carbonyl (C=O) groups is 2. The van der Waals surface area contributed by atoms with Gasteiger partial charge in [-0.25, -0.2) is 4.79 Å². The average molecular weight is 445 g/mol. The molecule has 9 heteroatoms. The van der Waals surface area contributed by atoms with E-state index in [2.05, 4.69) is 15.7 Å². The van der Waals surface area contributed by atoms with Crippen LogP contribution >= 0.6 is 0 Å². The molecular formula is C23H27NO8. The first-order chi connectivity index (χ1) is 15.5. The van der Waals surface area contributed by atoms with Crippen molar-refractivity contribution >= 4 is 11.9 Å². The van der Waals surface area contributed by atoms with Crippen molar-refractivity contribution in [2.24, 2.45) is 0 Å². The topological polar surface area (TPSA) is 104 Å². The van der Waals surface area contributed by atoms with Crippen molar-refractivity contribution in [3.8, 4) is 11.5 Å². The minimum Gasteiger partial charge on any atom is -0.497 e. The first-order valence-electron chi connectivity index (χ1n) is 10.9. The van der Waals surface area contributed by atoms with Crippen molar-refractivity contribution in [3.63, 3.8) is 0 Å². The smallest absolute Gasteiger partial charge is 0.336 e. The second-order valence-electron chi connectivity index (χ2n) is 8.62. The maximum Gasteiger partial charge on any atom is 0.336 e. The van der Waals surface area contributed by atoms with Crippen LogP contribution in [0.25, 0.3) is 0 Å². The first-order valence-corrected chi connectivity index (χ1v) is 10.9. The fraction of sp³-hybridized carbons (Fsp3) is 0.565. The predicted molar refractivity (Wildman–Crippen MR) is 110 cm³/mol. The zero-order chi connectivity index (χ0) is 22.5. The van der Waals surface area contributed by atoms with Crippen molar-refractivity contribution in [1.82, 2.24) is 4.90 Å². The van der Waals surface area contributed by atoms with Crippen LogP contribution in [0.5, 0.6) is 11.5 Å². The quantitative estimate of drug-likeness (QED) is 0.671. The van der Waals surface area contributed by atoms with Gasteiger partial charge in [-0.1, -0.05) is 0 Å². The van der Waals surface area contributed by atoms with Crippen LogP contribution in [-0.4, -0.2) is 73.8 Å². The lowest BCUT2D eigenvalue weighted by atomic mass is 9.77. The van der Waals surface area contributed by atoms with Crippen molar-refractivity contribution in [2.75, 3.05) is 34.1 Å². The number of aliphatic hydroxyl groups excluding tert-OH is 1. The molecule has 1 fully saturated rings. The number of hydrogen-bond acceptors (Lipinski definition) is 9. The zero-order valence-electron chi connectivity index (χ0n) is 18.2. The number of benzene rings is 1. The highest BCUT2D eigenvalue weighted by atomic mass is 16.7. The van der Waals surface area contributed by atoms with Crippen LogP contribution in [0.4, 0.5) is 0 Å². The molecule has 9 nitrogen and oxygen atoms in total. The van der Waals surface area contributed by atoms with Gasteiger partial charge in [-0.2, -0.15) is 0 Å². The summed E-state index contributed by atoms with van der Waals surface area (Å²) in [6.45, 7) is 1.98. The molecule has 1 aliphatic carbocycles. The normalized spacial score (nSPS) is 28.7. The Kier molecular flexibility index (Phi) is 5.25. The number of aliphatic hydroxyl groups is 1. The number of rotatable bonds is 5. The minimum absolute atomic E-state index is 0.180. The van der Waals surface area contributed by atoms with Gasteiger partial charge in [-0.15, -0.1) is 0 Å². The summed E-state index contributed by atoms with van der Waals surface area (Å²) in [6, 6.07) is 4.01. The fourth-order valence-electron chi connectivity index (χ4n) is 5.62. The Morgan fingerprint density at radius 3 is 2.78 bits per heavy atom. The van der Waals surface area contributed by atoms with E-state index in [0.29, 0.717) is 11.5 Å². The molecule has 0 saturated carbocycles. The maximum atomic E-state index is 12.7. The summed E-state index contributed by atoms with van der Waals surface area (Å²) in [5.41, 5.74) is 1.79. The van der Waals surface area contributed by atoms with Crippen LogP contribution in [0, 0.1) is 0 Å². The lowest BCUT2D eigenvalue weighted by molar-refractivity contribution is -0.164. The number of nitrogens with zero attached hydrogens (tertiary/aromatic N) is 1. The van der Waals surface area contributed by atoms with E-state index in [0.717, 1.165) is 49.2 Å². The lowest BCUT2D eigenvalue weighted by Gasteiger charge is -2.39. The standard InChI is InChI=1S/C23H27NO8/c1-28-18-11-23-5-3-6-24(23)7-4-13-8-16-17(31-12-30-16)9-14(13)20(23)21(18)32-22(27)15(25)10-19(26)29-2/h8-9,11,15,20-21,25H,3-7,10,12H2,1-2H3/t15?,20-,21?,23+/m1/s1. The monoisotopic (exact) mass is 445 g/mol. The SMILES string of the molecule is COC(=O)CC(O)C(=O)OC1C(OC)=C[C@]23CCCN2CCc2cc4c(cc2[C@H]13)OCO4. The van der Waals surface area contributed by atoms with Crippen molar-refractivity contribution in [2.45, 2.75) is 49.3 Å². The van der Waals surface area contributed by atoms with E-state index in [1.165, 1.54) is 7.11 Å². The number of ether oxygens (including phenoxy) is 5. The summed E-state index contributed by atoms with van der Waals surface area (Å²) in [7, 11) is 2.76. The Labute approximate surface area is 185 Å². The second kappa shape index (κ2) is 7.97. The Bertz CT molecular complexity index is 975. The van der Waals surface area contributed by atoms with Gasteiger partial charge in [-0.05, 0) is 55.1 Å². The minimum atomic E-state index is -1.61. The summed E-state index contributed by atoms with van der Waals surface area (Å²) in [5.74, 6) is 0.143. The largest absolute Gasteiger partial charge is 0.497 e. The Morgan fingerprint density at radius 2 is 2.03 bits per heavy atom. The van der Waals surface area contributed by atoms with Gasteiger partial charge in [0.1, 0.15) is 5.76 Å². The molecule has 3 heterocycles. The molecule has 32 heavy (non-hydrogen) atoms. The molecule has 4 atom stereocenters. The molecule has 2 unspecified atom stereocenters. The van der Waals surface area contributed by atoms with Crippen LogP contribution in [-0.2, 0) is 30.2 Å². The third kappa shape index (κ3) is 3.22. The van der Waals surface area contributed by atoms with Crippen LogP contribution in [0.15, 0.2) is 24.0 Å². The molecule has 0 aromatic heterocycles. The van der Waals surface area contributed by atoms with Crippen LogP contribution in [0.3, 0.4) is 0 Å². The van der Waals surface area contributed by atoms with E-state index in [9.17, 15) is 14.7 Å². The molecule has 1 N–H and O–H groups in total. The van der Waals surface area contributed by atoms with Crippen LogP contribution in [0.2, 0.25) is 0 Å². The van der Waals surface area contributed by atoms with E-state index in [4.69, 9.17) is 18.9 Å². The molecule has 4 aliphatic rings. The molecular weight excluding hydrogens is 418 g/mol. The predicted octanol–water partition coefficient (Wildman–Crippen LogP) is 1.27. The molecule has 1 spiro atoms. The van der Waals surface area contributed by atoms with Crippen molar-refractivity contribution < 1.29 is 38.4 Å². The van der Waals surface area contributed by atoms with Gasteiger partial charge >= 0.3 is 11.9 Å². The van der Waals surface area contributed by atoms with E-state index >= 15 is 0 Å². The van der Waals surface area contributed by atoms with Crippen molar-refractivity contribution in [3.05, 3.63) is 35.1 Å². The summed E-state index contributed by atoms with van der Waals surface area (Å²) in [6.07, 6.45) is 2.02. The van der Waals surface area contributed by atoms with Gasteiger partial charge in [0.25, 0.3) is 0 Å². The number of carbonyl (C=O) groups excluding carboxylic acids is 2. The van der Waals surface area contributed by atoms with Crippen LogP contribution < -0.4 is 9.47 Å². The van der Waals surface area contributed by atoms with E-state index in [-0.39, 0.29) is 18.2 Å². The van der Waals surface area contributed by atoms with Crippen molar-refractivity contribution in [1.29, 1.82) is 0 Å². The molecule has 1 saturated heterocycles. The Morgan fingerprint density at radius 1 is 1.25 bits per heavy atom. The zero-order valence-corrected chi connectivity index (χ0v) is 18.2. The summed E-state index contributed by atoms with van der Waals surface area (Å²) >= 11 is 0. The van der Waals surface area contributed by atoms with E-state index in [1.807, 2.05) is 12.1 Å². The van der Waals surface area contributed by atoms with Gasteiger partial charge in [-0.3, -0.25) is 9.69 Å². The fourth-order valence-corrected chi connectivity index (χ4v) is 5.62. The summed E-state index contributed by atoms with van der Waals surface area (Å²) in [4.78, 5) is 26.7. The number of fused-ring (bicyclic) bond motifs is 3. The second-order valence-corrected chi connectivity index (χ2v) is 8.62. The van der Waals surface area contributed by atoms with Gasteiger partial charge in [0.15, 0.2) is 23.7 Å². The highest BCUT2D eigenvalue weighted by Crippen LogP contribution is 2.55. The van der Waals surface area contributed by atoms with E-state index < -0.39 is 30.6 Å². The number of methoxy groups -OCH3 is 2. The van der Waals surface area contributed by atoms with E-state index in [1.54, 1.807) is 7.11 Å². The molecule has 5 rings (SSSR count). The Hall–Kier alpha value is -2.78. The third-order valence-corrected chi connectivity index (χ3v) is 7.07. The van der Waals surface area contributed by atoms with Gasteiger partial charge < -0.3 is 28.8 Å². The lowest BCUT2D eigenvalue weighted by Crippen LogP contribution is -2.47. The molecule has 172 valence electrons. The van der Waals surface area contributed by atoms with Crippen LogP contribution in [0.1, 0.15) is 36.3 Å². The molecule has 0 amide bonds.